The molecule has 0 bridgehead atoms. The highest BCUT2D eigenvalue weighted by Crippen LogP contribution is 2.26. The molecular formula is C15H20ClNO2S. The molecule has 0 aliphatic heterocycles. The molecular weight excluding hydrogens is 294 g/mol. The summed E-state index contributed by atoms with van der Waals surface area (Å²) in [6.07, 6.45) is 5.81. The zero-order valence-electron chi connectivity index (χ0n) is 12.0. The van der Waals surface area contributed by atoms with Gasteiger partial charge in [0.2, 0.25) is 0 Å². The summed E-state index contributed by atoms with van der Waals surface area (Å²) in [4.78, 5) is 12.7. The quantitative estimate of drug-likeness (QED) is 0.772. The number of nitrogens with zero attached hydrogens (tertiary/aromatic N) is 1. The summed E-state index contributed by atoms with van der Waals surface area (Å²) in [5.74, 6) is 0.145. The number of hydrogen-bond acceptors (Lipinski definition) is 3. The van der Waals surface area contributed by atoms with Gasteiger partial charge in [-0.2, -0.15) is 11.8 Å². The van der Waals surface area contributed by atoms with E-state index < -0.39 is 5.97 Å². The third-order valence-corrected chi connectivity index (χ3v) is 4.17. The number of aliphatic carboxylic acids is 1. The Labute approximate surface area is 129 Å². The molecule has 5 heteroatoms. The number of carbonyl (C=O) groups is 1. The Balaban J connectivity index is 2.83. The van der Waals surface area contributed by atoms with E-state index in [0.717, 1.165) is 23.9 Å². The number of benzene rings is 1. The largest absolute Gasteiger partial charge is 0.478 e. The molecule has 20 heavy (non-hydrogen) atoms. The minimum Gasteiger partial charge on any atom is -0.478 e. The molecule has 1 aromatic rings. The average Bonchev–Trinajstić information content (AvgIpc) is 2.42. The second-order valence-corrected chi connectivity index (χ2v) is 6.01. The fraction of sp³-hybridized carbons (Fsp3) is 0.400. The van der Waals surface area contributed by atoms with Crippen LogP contribution in [0.4, 0.5) is 5.69 Å². The van der Waals surface area contributed by atoms with Gasteiger partial charge in [0.25, 0.3) is 0 Å². The third-order valence-electron chi connectivity index (χ3n) is 3.20. The molecule has 1 unspecified atom stereocenters. The van der Waals surface area contributed by atoms with E-state index in [1.165, 1.54) is 6.08 Å². The monoisotopic (exact) mass is 313 g/mol. The number of rotatable bonds is 7. The van der Waals surface area contributed by atoms with E-state index in [1.807, 2.05) is 37.0 Å². The van der Waals surface area contributed by atoms with Crippen molar-refractivity contribution in [2.45, 2.75) is 19.4 Å². The van der Waals surface area contributed by atoms with Crippen LogP contribution in [0.25, 0.3) is 6.08 Å². The van der Waals surface area contributed by atoms with Crippen molar-refractivity contribution in [3.63, 3.8) is 0 Å². The van der Waals surface area contributed by atoms with E-state index in [-0.39, 0.29) is 0 Å². The maximum atomic E-state index is 10.5. The predicted octanol–water partition coefficient (Wildman–Crippen LogP) is 4.02. The van der Waals surface area contributed by atoms with Crippen LogP contribution in [0.1, 0.15) is 18.9 Å². The molecule has 1 atom stereocenters. The molecule has 0 aromatic heterocycles. The van der Waals surface area contributed by atoms with Crippen LogP contribution in [-0.2, 0) is 4.79 Å². The molecule has 0 aliphatic rings. The van der Waals surface area contributed by atoms with Crippen molar-refractivity contribution in [3.8, 4) is 0 Å². The van der Waals surface area contributed by atoms with Crippen molar-refractivity contribution in [1.82, 2.24) is 0 Å². The van der Waals surface area contributed by atoms with Crippen LogP contribution in [0, 0.1) is 0 Å². The van der Waals surface area contributed by atoms with Gasteiger partial charge in [0, 0.05) is 29.9 Å². The van der Waals surface area contributed by atoms with Crippen LogP contribution in [0.15, 0.2) is 24.3 Å². The summed E-state index contributed by atoms with van der Waals surface area (Å²) in [5, 5.41) is 9.18. The Morgan fingerprint density at radius 1 is 1.55 bits per heavy atom. The van der Waals surface area contributed by atoms with E-state index in [2.05, 4.69) is 18.1 Å². The van der Waals surface area contributed by atoms with Gasteiger partial charge in [0.1, 0.15) is 0 Å². The van der Waals surface area contributed by atoms with Gasteiger partial charge in [0.05, 0.1) is 0 Å². The van der Waals surface area contributed by atoms with Crippen molar-refractivity contribution in [1.29, 1.82) is 0 Å². The fourth-order valence-corrected chi connectivity index (χ4v) is 2.58. The highest BCUT2D eigenvalue weighted by atomic mass is 35.5. The summed E-state index contributed by atoms with van der Waals surface area (Å²) < 4.78 is 0. The van der Waals surface area contributed by atoms with Crippen LogP contribution in [-0.4, -0.2) is 36.2 Å². The molecule has 0 aliphatic carbocycles. The smallest absolute Gasteiger partial charge is 0.328 e. The molecule has 0 amide bonds. The first-order valence-electron chi connectivity index (χ1n) is 6.38. The van der Waals surface area contributed by atoms with Gasteiger partial charge in [-0.05, 0) is 49.1 Å². The minimum absolute atomic E-state index is 0.430. The van der Waals surface area contributed by atoms with E-state index in [0.29, 0.717) is 16.6 Å². The number of hydrogen-bond donors (Lipinski definition) is 1. The second-order valence-electron chi connectivity index (χ2n) is 4.62. The van der Waals surface area contributed by atoms with E-state index >= 15 is 0 Å². The Hall–Kier alpha value is -1.13. The lowest BCUT2D eigenvalue weighted by Crippen LogP contribution is -2.29. The second kappa shape index (κ2) is 8.22. The first kappa shape index (κ1) is 16.9. The van der Waals surface area contributed by atoms with Crippen molar-refractivity contribution >= 4 is 41.1 Å². The number of carboxylic acid groups (broad SMARTS) is 1. The molecule has 0 radical (unpaired) electrons. The summed E-state index contributed by atoms with van der Waals surface area (Å²) >= 11 is 8.03. The number of thioether (sulfide) groups is 1. The van der Waals surface area contributed by atoms with Gasteiger partial charge in [0.15, 0.2) is 0 Å². The highest BCUT2D eigenvalue weighted by molar-refractivity contribution is 7.98. The first-order chi connectivity index (χ1) is 9.45. The molecule has 3 nitrogen and oxygen atoms in total. The Morgan fingerprint density at radius 2 is 2.25 bits per heavy atom. The maximum Gasteiger partial charge on any atom is 0.328 e. The lowest BCUT2D eigenvalue weighted by atomic mass is 10.1. The van der Waals surface area contributed by atoms with Gasteiger partial charge in [-0.15, -0.1) is 0 Å². The molecule has 1 N–H and O–H groups in total. The summed E-state index contributed by atoms with van der Waals surface area (Å²) in [5.41, 5.74) is 1.75. The van der Waals surface area contributed by atoms with E-state index in [4.69, 9.17) is 16.7 Å². The molecule has 1 rings (SSSR count). The zero-order valence-corrected chi connectivity index (χ0v) is 13.5. The van der Waals surface area contributed by atoms with Crippen LogP contribution in [0.2, 0.25) is 5.02 Å². The molecule has 0 fully saturated rings. The minimum atomic E-state index is -0.979. The highest BCUT2D eigenvalue weighted by Gasteiger charge is 2.11. The fourth-order valence-electron chi connectivity index (χ4n) is 1.77. The van der Waals surface area contributed by atoms with Crippen molar-refractivity contribution in [2.24, 2.45) is 0 Å². The van der Waals surface area contributed by atoms with Gasteiger partial charge in [-0.25, -0.2) is 4.79 Å². The maximum absolute atomic E-state index is 10.5. The molecule has 1 aromatic carbocycles. The average molecular weight is 314 g/mol. The molecule has 0 spiro atoms. The number of anilines is 1. The lowest BCUT2D eigenvalue weighted by Gasteiger charge is -2.27. The lowest BCUT2D eigenvalue weighted by molar-refractivity contribution is -0.131. The van der Waals surface area contributed by atoms with Crippen molar-refractivity contribution in [3.05, 3.63) is 34.9 Å². The van der Waals surface area contributed by atoms with Gasteiger partial charge >= 0.3 is 5.97 Å². The standard InChI is InChI=1S/C15H20ClNO2S/c1-11(8-9-20-3)17(2)13-6-4-12(14(16)10-13)5-7-15(18)19/h4-7,10-11H,8-9H2,1-3H3,(H,18,19)/b7-5+. The normalized spacial score (nSPS) is 12.6. The number of halogens is 1. The molecule has 0 heterocycles. The van der Waals surface area contributed by atoms with Crippen LogP contribution in [0.3, 0.4) is 0 Å². The predicted molar refractivity (Wildman–Crippen MR) is 89.0 cm³/mol. The van der Waals surface area contributed by atoms with E-state index in [9.17, 15) is 4.79 Å². The topological polar surface area (TPSA) is 40.5 Å². The Morgan fingerprint density at radius 3 is 2.80 bits per heavy atom. The van der Waals surface area contributed by atoms with Crippen LogP contribution in [0.5, 0.6) is 0 Å². The number of carboxylic acids is 1. The summed E-state index contributed by atoms with van der Waals surface area (Å²) in [6.45, 7) is 2.18. The van der Waals surface area contributed by atoms with Crippen molar-refractivity contribution in [2.75, 3.05) is 24.0 Å². The summed E-state index contributed by atoms with van der Waals surface area (Å²) in [6, 6.07) is 6.11. The Kier molecular flexibility index (Phi) is 6.96. The summed E-state index contributed by atoms with van der Waals surface area (Å²) in [7, 11) is 2.05. The SMILES string of the molecule is CSCCC(C)N(C)c1ccc(/C=C/C(=O)O)c(Cl)c1. The third kappa shape index (κ3) is 5.10. The van der Waals surface area contributed by atoms with Gasteiger partial charge in [-0.3, -0.25) is 0 Å². The zero-order chi connectivity index (χ0) is 15.1. The first-order valence-corrected chi connectivity index (χ1v) is 8.15. The Bertz CT molecular complexity index is 491. The van der Waals surface area contributed by atoms with Gasteiger partial charge < -0.3 is 10.0 Å². The molecule has 0 saturated carbocycles. The van der Waals surface area contributed by atoms with Crippen molar-refractivity contribution < 1.29 is 9.90 Å². The van der Waals surface area contributed by atoms with E-state index in [1.54, 1.807) is 0 Å². The molecule has 0 saturated heterocycles. The van der Waals surface area contributed by atoms with Gasteiger partial charge in [-0.1, -0.05) is 17.7 Å². The molecule has 110 valence electrons. The van der Waals surface area contributed by atoms with Crippen LogP contribution < -0.4 is 4.90 Å². The van der Waals surface area contributed by atoms with Crippen LogP contribution >= 0.6 is 23.4 Å².